The van der Waals surface area contributed by atoms with Crippen LogP contribution in [0.15, 0.2) is 0 Å². The molecule has 0 aliphatic carbocycles. The van der Waals surface area contributed by atoms with E-state index in [1.54, 1.807) is 0 Å². The summed E-state index contributed by atoms with van der Waals surface area (Å²) in [6, 6.07) is 0. The van der Waals surface area contributed by atoms with Gasteiger partial charge >= 0.3 is 140 Å². The predicted octanol–water partition coefficient (Wildman–Crippen LogP) is 4.93. The van der Waals surface area contributed by atoms with E-state index in [0.717, 1.165) is 51.4 Å². The molecule has 0 aromatic carbocycles. The van der Waals surface area contributed by atoms with Gasteiger partial charge in [-0.1, -0.05) is 0 Å². The monoisotopic (exact) mass is 458 g/mol. The zero-order valence-corrected chi connectivity index (χ0v) is 16.7. The number of carbonyl (C=O) groups is 2. The Labute approximate surface area is 140 Å². The number of hydrogen-bond donors (Lipinski definition) is 0. The van der Waals surface area contributed by atoms with Crippen molar-refractivity contribution in [1.29, 1.82) is 0 Å². The van der Waals surface area contributed by atoms with Crippen molar-refractivity contribution in [2.75, 3.05) is 0 Å². The molecule has 0 aromatic rings. The Morgan fingerprint density at radius 3 is 1.48 bits per heavy atom. The van der Waals surface area contributed by atoms with Gasteiger partial charge in [0.1, 0.15) is 0 Å². The van der Waals surface area contributed by atoms with E-state index in [2.05, 4.69) is 13.8 Å². The van der Waals surface area contributed by atoms with Gasteiger partial charge in [0.05, 0.1) is 0 Å². The molecule has 126 valence electrons. The maximum atomic E-state index is 11.6. The number of hydrogen-bond acceptors (Lipinski definition) is 4. The average molecular weight is 457 g/mol. The SMILES string of the molecule is CCCCCCC(=O)O[Te](Cl)(Cl)OC(=O)CCCCCC. The summed E-state index contributed by atoms with van der Waals surface area (Å²) in [6.07, 6.45) is 8.29. The van der Waals surface area contributed by atoms with Gasteiger partial charge in [0, 0.05) is 0 Å². The Morgan fingerprint density at radius 2 is 1.14 bits per heavy atom. The van der Waals surface area contributed by atoms with Gasteiger partial charge in [-0.15, -0.1) is 0 Å². The Bertz CT molecular complexity index is 283. The molecule has 0 unspecified atom stereocenters. The molecule has 0 aliphatic heterocycles. The summed E-state index contributed by atoms with van der Waals surface area (Å²) in [7, 11) is 11.8. The first kappa shape index (κ1) is 21.3. The van der Waals surface area contributed by atoms with Crippen LogP contribution in [-0.2, 0) is 15.8 Å². The first-order chi connectivity index (χ1) is 9.91. The second-order valence-electron chi connectivity index (χ2n) is 4.91. The van der Waals surface area contributed by atoms with Crippen LogP contribution in [0, 0.1) is 0 Å². The molecule has 4 nitrogen and oxygen atoms in total. The first-order valence-electron chi connectivity index (χ1n) is 7.58. The Balaban J connectivity index is 3.89. The van der Waals surface area contributed by atoms with E-state index in [1.807, 2.05) is 0 Å². The summed E-state index contributed by atoms with van der Waals surface area (Å²) in [4.78, 5) is 23.1. The minimum atomic E-state index is -4.27. The van der Waals surface area contributed by atoms with Gasteiger partial charge in [-0.3, -0.25) is 0 Å². The summed E-state index contributed by atoms with van der Waals surface area (Å²) < 4.78 is 9.91. The molecule has 0 aromatic heterocycles. The van der Waals surface area contributed by atoms with Crippen molar-refractivity contribution in [3.8, 4) is 0 Å². The maximum absolute atomic E-state index is 11.6. The van der Waals surface area contributed by atoms with Crippen LogP contribution in [-0.4, -0.2) is 28.7 Å². The van der Waals surface area contributed by atoms with E-state index in [-0.39, 0.29) is 12.8 Å². The van der Waals surface area contributed by atoms with Gasteiger partial charge in [0.25, 0.3) is 0 Å². The predicted molar refractivity (Wildman–Crippen MR) is 87.2 cm³/mol. The zero-order valence-electron chi connectivity index (χ0n) is 12.9. The van der Waals surface area contributed by atoms with Gasteiger partial charge in [-0.2, -0.15) is 0 Å². The third-order valence-corrected chi connectivity index (χ3v) is 6.71. The van der Waals surface area contributed by atoms with Crippen LogP contribution in [0.5, 0.6) is 0 Å². The third kappa shape index (κ3) is 13.7. The number of rotatable bonds is 12. The first-order valence-corrected chi connectivity index (χ1v) is 15.4. The Morgan fingerprint density at radius 1 is 0.762 bits per heavy atom. The van der Waals surface area contributed by atoms with Gasteiger partial charge in [0.15, 0.2) is 0 Å². The van der Waals surface area contributed by atoms with E-state index >= 15 is 0 Å². The summed E-state index contributed by atoms with van der Waals surface area (Å²) in [5.74, 6) is -0.952. The molecule has 0 heterocycles. The fraction of sp³-hybridized carbons (Fsp3) is 0.857. The molecule has 0 fully saturated rings. The van der Waals surface area contributed by atoms with Crippen molar-refractivity contribution >= 4 is 46.6 Å². The molecule has 0 bridgehead atoms. The van der Waals surface area contributed by atoms with Crippen molar-refractivity contribution in [3.63, 3.8) is 0 Å². The quantitative estimate of drug-likeness (QED) is 0.309. The van der Waals surface area contributed by atoms with Crippen LogP contribution < -0.4 is 0 Å². The van der Waals surface area contributed by atoms with E-state index < -0.39 is 28.7 Å². The van der Waals surface area contributed by atoms with E-state index in [0.29, 0.717) is 0 Å². The second-order valence-corrected chi connectivity index (χ2v) is 14.5. The van der Waals surface area contributed by atoms with Crippen molar-refractivity contribution in [2.24, 2.45) is 0 Å². The number of unbranched alkanes of at least 4 members (excludes halogenated alkanes) is 6. The second kappa shape index (κ2) is 12.8. The molecule has 0 rings (SSSR count). The summed E-state index contributed by atoms with van der Waals surface area (Å²) in [5, 5.41) is 0. The van der Waals surface area contributed by atoms with Crippen molar-refractivity contribution in [2.45, 2.75) is 78.1 Å². The third-order valence-electron chi connectivity index (χ3n) is 2.85. The van der Waals surface area contributed by atoms with E-state index in [1.165, 1.54) is 0 Å². The van der Waals surface area contributed by atoms with Crippen molar-refractivity contribution in [1.82, 2.24) is 0 Å². The van der Waals surface area contributed by atoms with Crippen LogP contribution in [0.2, 0.25) is 0 Å². The number of carbonyl (C=O) groups excluding carboxylic acids is 2. The zero-order chi connectivity index (χ0) is 16.1. The van der Waals surface area contributed by atoms with Gasteiger partial charge < -0.3 is 0 Å². The molecule has 0 atom stereocenters. The summed E-state index contributed by atoms with van der Waals surface area (Å²) >= 11 is -4.27. The van der Waals surface area contributed by atoms with Gasteiger partial charge in [0.2, 0.25) is 0 Å². The normalized spacial score (nSPS) is 12.0. The average Bonchev–Trinajstić information content (AvgIpc) is 2.38. The van der Waals surface area contributed by atoms with Crippen LogP contribution in [0.4, 0.5) is 0 Å². The van der Waals surface area contributed by atoms with Crippen LogP contribution in [0.3, 0.4) is 0 Å². The molecule has 21 heavy (non-hydrogen) atoms. The van der Waals surface area contributed by atoms with Crippen LogP contribution in [0.1, 0.15) is 78.1 Å². The fourth-order valence-corrected chi connectivity index (χ4v) is 5.40. The fourth-order valence-electron chi connectivity index (χ4n) is 1.71. The van der Waals surface area contributed by atoms with Crippen LogP contribution in [0.25, 0.3) is 0 Å². The Hall–Kier alpha value is 0.310. The molecule has 0 spiro atoms. The molecule has 0 radical (unpaired) electrons. The van der Waals surface area contributed by atoms with E-state index in [9.17, 15) is 9.59 Å². The molecular weight excluding hydrogens is 431 g/mol. The Kier molecular flexibility index (Phi) is 13.0. The van der Waals surface area contributed by atoms with Crippen LogP contribution >= 0.6 is 17.9 Å². The molecule has 0 saturated carbocycles. The minimum absolute atomic E-state index is 0.265. The van der Waals surface area contributed by atoms with Crippen molar-refractivity contribution in [3.05, 3.63) is 0 Å². The molecule has 0 saturated heterocycles. The molecule has 0 aliphatic rings. The molecule has 7 heteroatoms. The summed E-state index contributed by atoms with van der Waals surface area (Å²) in [5.41, 5.74) is 0. The number of halogens is 2. The topological polar surface area (TPSA) is 52.6 Å². The summed E-state index contributed by atoms with van der Waals surface area (Å²) in [6.45, 7) is 4.19. The standard InChI is InChI=1S/C14H26Cl2O4Te/c1-3-5-7-9-11-13(17)19-21(15,16)20-14(18)12-10-8-6-4-2/h3-12H2,1-2H3. The van der Waals surface area contributed by atoms with Gasteiger partial charge in [-0.05, 0) is 0 Å². The molecule has 0 amide bonds. The van der Waals surface area contributed by atoms with Gasteiger partial charge in [-0.25, -0.2) is 0 Å². The molecular formula is C14H26Cl2O4Te. The molecule has 0 N–H and O–H groups in total. The van der Waals surface area contributed by atoms with Crippen molar-refractivity contribution < 1.29 is 15.8 Å². The van der Waals surface area contributed by atoms with E-state index in [4.69, 9.17) is 24.1 Å².